The van der Waals surface area contributed by atoms with Gasteiger partial charge in [-0.1, -0.05) is 17.7 Å². The number of hydrogen-bond acceptors (Lipinski definition) is 2. The summed E-state index contributed by atoms with van der Waals surface area (Å²) in [6, 6.07) is 5.97. The normalized spacial score (nSPS) is 10.3. The Morgan fingerprint density at radius 1 is 1.42 bits per heavy atom. The standard InChI is InChI=1S/C13H9BrClFN2O/c1-7-5-6-17-12(15)11(7)18-13(19)8-3-2-4-9(16)10(8)14/h2-6H,1H3,(H,18,19). The van der Waals surface area contributed by atoms with Crippen molar-refractivity contribution in [3.63, 3.8) is 0 Å². The van der Waals surface area contributed by atoms with E-state index in [4.69, 9.17) is 11.6 Å². The Labute approximate surface area is 122 Å². The first-order valence-corrected chi connectivity index (χ1v) is 6.54. The van der Waals surface area contributed by atoms with Gasteiger partial charge in [-0.15, -0.1) is 0 Å². The first-order valence-electron chi connectivity index (χ1n) is 5.37. The van der Waals surface area contributed by atoms with E-state index < -0.39 is 11.7 Å². The second-order valence-electron chi connectivity index (χ2n) is 3.85. The summed E-state index contributed by atoms with van der Waals surface area (Å²) in [6.07, 6.45) is 1.55. The van der Waals surface area contributed by atoms with Gasteiger partial charge in [-0.05, 0) is 46.6 Å². The predicted octanol–water partition coefficient (Wildman–Crippen LogP) is 4.20. The van der Waals surface area contributed by atoms with Crippen LogP contribution in [0.5, 0.6) is 0 Å². The van der Waals surface area contributed by atoms with Crippen molar-refractivity contribution in [2.24, 2.45) is 0 Å². The number of hydrogen-bond donors (Lipinski definition) is 1. The number of carbonyl (C=O) groups is 1. The van der Waals surface area contributed by atoms with E-state index in [2.05, 4.69) is 26.2 Å². The maximum absolute atomic E-state index is 13.4. The summed E-state index contributed by atoms with van der Waals surface area (Å²) in [5.41, 5.74) is 1.39. The van der Waals surface area contributed by atoms with E-state index in [9.17, 15) is 9.18 Å². The number of aryl methyl sites for hydroxylation is 1. The molecule has 6 heteroatoms. The lowest BCUT2D eigenvalue weighted by atomic mass is 10.2. The number of aromatic nitrogens is 1. The van der Waals surface area contributed by atoms with Crippen molar-refractivity contribution in [1.82, 2.24) is 4.98 Å². The summed E-state index contributed by atoms with van der Waals surface area (Å²) in [5.74, 6) is -0.953. The van der Waals surface area contributed by atoms with Crippen LogP contribution in [0.4, 0.5) is 10.1 Å². The van der Waals surface area contributed by atoms with Crippen LogP contribution in [0.25, 0.3) is 0 Å². The number of anilines is 1. The Hall–Kier alpha value is -1.46. The zero-order valence-electron chi connectivity index (χ0n) is 9.88. The number of nitrogens with zero attached hydrogens (tertiary/aromatic N) is 1. The number of carbonyl (C=O) groups excluding carboxylic acids is 1. The summed E-state index contributed by atoms with van der Waals surface area (Å²) < 4.78 is 13.5. The molecule has 2 aromatic rings. The Morgan fingerprint density at radius 3 is 2.84 bits per heavy atom. The molecule has 0 aliphatic rings. The van der Waals surface area contributed by atoms with Gasteiger partial charge in [0.15, 0.2) is 5.15 Å². The SMILES string of the molecule is Cc1ccnc(Cl)c1NC(=O)c1cccc(F)c1Br. The van der Waals surface area contributed by atoms with E-state index >= 15 is 0 Å². The molecule has 0 bridgehead atoms. The van der Waals surface area contributed by atoms with Gasteiger partial charge in [0.2, 0.25) is 0 Å². The highest BCUT2D eigenvalue weighted by atomic mass is 79.9. The van der Waals surface area contributed by atoms with Crippen molar-refractivity contribution in [1.29, 1.82) is 0 Å². The Balaban J connectivity index is 2.34. The molecule has 0 radical (unpaired) electrons. The Morgan fingerprint density at radius 2 is 2.16 bits per heavy atom. The van der Waals surface area contributed by atoms with Gasteiger partial charge in [-0.25, -0.2) is 9.37 Å². The minimum Gasteiger partial charge on any atom is -0.319 e. The second-order valence-corrected chi connectivity index (χ2v) is 5.00. The number of halogens is 3. The van der Waals surface area contributed by atoms with Gasteiger partial charge in [-0.3, -0.25) is 4.79 Å². The first kappa shape index (κ1) is 14.0. The monoisotopic (exact) mass is 342 g/mol. The molecule has 0 saturated carbocycles. The van der Waals surface area contributed by atoms with Crippen molar-refractivity contribution >= 4 is 39.1 Å². The molecule has 3 nitrogen and oxygen atoms in total. The molecule has 0 unspecified atom stereocenters. The van der Waals surface area contributed by atoms with E-state index in [0.717, 1.165) is 5.56 Å². The maximum Gasteiger partial charge on any atom is 0.257 e. The minimum absolute atomic E-state index is 0.116. The van der Waals surface area contributed by atoms with Crippen molar-refractivity contribution in [2.75, 3.05) is 5.32 Å². The van der Waals surface area contributed by atoms with Crippen LogP contribution in [0.2, 0.25) is 5.15 Å². The topological polar surface area (TPSA) is 42.0 Å². The fourth-order valence-electron chi connectivity index (χ4n) is 1.54. The molecular formula is C13H9BrClFN2O. The molecule has 1 amide bonds. The van der Waals surface area contributed by atoms with Crippen LogP contribution in [0, 0.1) is 12.7 Å². The van der Waals surface area contributed by atoms with Gasteiger partial charge in [0, 0.05) is 6.20 Å². The van der Waals surface area contributed by atoms with Gasteiger partial charge < -0.3 is 5.32 Å². The summed E-state index contributed by atoms with van der Waals surface area (Å²) in [4.78, 5) is 16.0. The number of rotatable bonds is 2. The van der Waals surface area contributed by atoms with E-state index in [1.54, 1.807) is 19.2 Å². The highest BCUT2D eigenvalue weighted by Gasteiger charge is 2.15. The molecule has 1 N–H and O–H groups in total. The summed E-state index contributed by atoms with van der Waals surface area (Å²) >= 11 is 8.97. The number of nitrogens with one attached hydrogen (secondary N) is 1. The molecule has 19 heavy (non-hydrogen) atoms. The van der Waals surface area contributed by atoms with Crippen molar-refractivity contribution in [2.45, 2.75) is 6.92 Å². The highest BCUT2D eigenvalue weighted by molar-refractivity contribution is 9.10. The van der Waals surface area contributed by atoms with Crippen molar-refractivity contribution < 1.29 is 9.18 Å². The molecule has 0 fully saturated rings. The van der Waals surface area contributed by atoms with Crippen LogP contribution >= 0.6 is 27.5 Å². The summed E-state index contributed by atoms with van der Waals surface area (Å²) in [7, 11) is 0. The molecule has 1 aromatic carbocycles. The van der Waals surface area contributed by atoms with E-state index in [1.807, 2.05) is 0 Å². The molecule has 0 atom stereocenters. The highest BCUT2D eigenvalue weighted by Crippen LogP contribution is 2.26. The minimum atomic E-state index is -0.498. The summed E-state index contributed by atoms with van der Waals surface area (Å²) in [5, 5.41) is 2.83. The first-order chi connectivity index (χ1) is 9.00. The fraction of sp³-hybridized carbons (Fsp3) is 0.0769. The third kappa shape index (κ3) is 2.93. The van der Waals surface area contributed by atoms with Crippen LogP contribution in [0.3, 0.4) is 0 Å². The van der Waals surface area contributed by atoms with Crippen molar-refractivity contribution in [3.05, 3.63) is 57.0 Å². The predicted molar refractivity (Wildman–Crippen MR) is 76.0 cm³/mol. The average Bonchev–Trinajstić information content (AvgIpc) is 2.37. The molecule has 0 aliphatic heterocycles. The van der Waals surface area contributed by atoms with Gasteiger partial charge in [0.1, 0.15) is 5.82 Å². The van der Waals surface area contributed by atoms with E-state index in [1.165, 1.54) is 18.2 Å². The van der Waals surface area contributed by atoms with Crippen LogP contribution in [-0.4, -0.2) is 10.9 Å². The van der Waals surface area contributed by atoms with E-state index in [-0.39, 0.29) is 15.2 Å². The van der Waals surface area contributed by atoms with Crippen LogP contribution in [0.15, 0.2) is 34.9 Å². The van der Waals surface area contributed by atoms with Gasteiger partial charge in [-0.2, -0.15) is 0 Å². The zero-order valence-corrected chi connectivity index (χ0v) is 12.2. The third-order valence-corrected chi connectivity index (χ3v) is 3.64. The Bertz CT molecular complexity index is 628. The molecule has 98 valence electrons. The largest absolute Gasteiger partial charge is 0.319 e. The van der Waals surface area contributed by atoms with Crippen molar-refractivity contribution in [3.8, 4) is 0 Å². The zero-order chi connectivity index (χ0) is 14.0. The fourth-order valence-corrected chi connectivity index (χ4v) is 2.23. The molecular weight excluding hydrogens is 335 g/mol. The lowest BCUT2D eigenvalue weighted by Gasteiger charge is -2.10. The molecule has 0 spiro atoms. The van der Waals surface area contributed by atoms with Crippen LogP contribution in [0.1, 0.15) is 15.9 Å². The summed E-state index contributed by atoms with van der Waals surface area (Å²) in [6.45, 7) is 1.80. The second kappa shape index (κ2) is 5.67. The molecule has 1 heterocycles. The number of amides is 1. The average molecular weight is 344 g/mol. The lowest BCUT2D eigenvalue weighted by molar-refractivity contribution is 0.102. The maximum atomic E-state index is 13.4. The Kier molecular flexibility index (Phi) is 4.17. The number of pyridine rings is 1. The number of benzene rings is 1. The van der Waals surface area contributed by atoms with Gasteiger partial charge >= 0.3 is 0 Å². The van der Waals surface area contributed by atoms with Crippen LogP contribution in [-0.2, 0) is 0 Å². The van der Waals surface area contributed by atoms with Crippen LogP contribution < -0.4 is 5.32 Å². The van der Waals surface area contributed by atoms with Gasteiger partial charge in [0.25, 0.3) is 5.91 Å². The van der Waals surface area contributed by atoms with E-state index in [0.29, 0.717) is 5.69 Å². The van der Waals surface area contributed by atoms with Gasteiger partial charge in [0.05, 0.1) is 15.7 Å². The molecule has 0 aliphatic carbocycles. The quantitative estimate of drug-likeness (QED) is 0.831. The lowest BCUT2D eigenvalue weighted by Crippen LogP contribution is -2.14. The smallest absolute Gasteiger partial charge is 0.257 e. The molecule has 1 aromatic heterocycles. The molecule has 2 rings (SSSR count). The molecule has 0 saturated heterocycles. The third-order valence-electron chi connectivity index (χ3n) is 2.55.